The Morgan fingerprint density at radius 2 is 2.00 bits per heavy atom. The summed E-state index contributed by atoms with van der Waals surface area (Å²) >= 11 is 0. The number of carboxylic acid groups (broad SMARTS) is 1. The lowest BCUT2D eigenvalue weighted by Crippen LogP contribution is -1.95. The number of carboxylic acids is 1. The van der Waals surface area contributed by atoms with E-state index in [1.54, 1.807) is 6.07 Å². The van der Waals surface area contributed by atoms with Gasteiger partial charge in [-0.15, -0.1) is 0 Å². The number of aryl methyl sites for hydroxylation is 1. The predicted octanol–water partition coefficient (Wildman–Crippen LogP) is 4.65. The lowest BCUT2D eigenvalue weighted by Gasteiger charge is -2.11. The van der Waals surface area contributed by atoms with Crippen LogP contribution in [0.25, 0.3) is 11.0 Å². The second-order valence-electron chi connectivity index (χ2n) is 5.29. The van der Waals surface area contributed by atoms with Gasteiger partial charge in [0, 0.05) is 5.39 Å². The summed E-state index contributed by atoms with van der Waals surface area (Å²) in [6, 6.07) is 3.55. The number of hydrogen-bond acceptors (Lipinski definition) is 2. The van der Waals surface area contributed by atoms with Crippen LogP contribution in [0.1, 0.15) is 47.0 Å². The highest BCUT2D eigenvalue weighted by Gasteiger charge is 2.15. The summed E-state index contributed by atoms with van der Waals surface area (Å²) in [6.45, 7) is 10.3. The van der Waals surface area contributed by atoms with Crippen molar-refractivity contribution < 1.29 is 14.3 Å². The van der Waals surface area contributed by atoms with Crippen LogP contribution in [-0.2, 0) is 6.42 Å². The van der Waals surface area contributed by atoms with Gasteiger partial charge in [0.25, 0.3) is 0 Å². The number of aromatic carboxylic acids is 1. The van der Waals surface area contributed by atoms with Crippen molar-refractivity contribution in [3.63, 3.8) is 0 Å². The number of rotatable bonds is 5. The van der Waals surface area contributed by atoms with Crippen LogP contribution in [0.3, 0.4) is 0 Å². The Morgan fingerprint density at radius 1 is 1.30 bits per heavy atom. The molecule has 0 aliphatic heterocycles. The molecular weight excluding hydrogens is 252 g/mol. The highest BCUT2D eigenvalue weighted by Crippen LogP contribution is 2.29. The Kier molecular flexibility index (Phi) is 3.98. The average molecular weight is 272 g/mol. The third-order valence-electron chi connectivity index (χ3n) is 3.77. The maximum absolute atomic E-state index is 11.0. The smallest absolute Gasteiger partial charge is 0.371 e. The molecule has 0 unspecified atom stereocenters. The highest BCUT2D eigenvalue weighted by molar-refractivity contribution is 5.93. The van der Waals surface area contributed by atoms with E-state index in [0.29, 0.717) is 5.58 Å². The molecule has 1 aromatic carbocycles. The zero-order chi connectivity index (χ0) is 14.9. The molecule has 106 valence electrons. The maximum Gasteiger partial charge on any atom is 0.371 e. The van der Waals surface area contributed by atoms with Gasteiger partial charge in [0.2, 0.25) is 5.76 Å². The van der Waals surface area contributed by atoms with Gasteiger partial charge < -0.3 is 9.52 Å². The largest absolute Gasteiger partial charge is 0.475 e. The lowest BCUT2D eigenvalue weighted by atomic mass is 9.94. The first-order chi connectivity index (χ1) is 9.43. The molecule has 0 saturated carbocycles. The second-order valence-corrected chi connectivity index (χ2v) is 5.29. The van der Waals surface area contributed by atoms with E-state index in [-0.39, 0.29) is 5.76 Å². The summed E-state index contributed by atoms with van der Waals surface area (Å²) < 4.78 is 5.42. The molecule has 0 amide bonds. The van der Waals surface area contributed by atoms with E-state index in [0.717, 1.165) is 30.2 Å². The van der Waals surface area contributed by atoms with E-state index >= 15 is 0 Å². The number of carbonyl (C=O) groups is 1. The summed E-state index contributed by atoms with van der Waals surface area (Å²) in [5.74, 6) is -1.04. The van der Waals surface area contributed by atoms with Crippen LogP contribution in [0.5, 0.6) is 0 Å². The minimum absolute atomic E-state index is 0.00738. The summed E-state index contributed by atoms with van der Waals surface area (Å²) in [7, 11) is 0. The molecule has 1 N–H and O–H groups in total. The Morgan fingerprint density at radius 3 is 2.60 bits per heavy atom. The molecule has 0 aliphatic carbocycles. The highest BCUT2D eigenvalue weighted by atomic mass is 16.4. The zero-order valence-corrected chi connectivity index (χ0v) is 12.2. The molecule has 3 nitrogen and oxygen atoms in total. The Balaban J connectivity index is 2.49. The van der Waals surface area contributed by atoms with E-state index in [4.69, 9.17) is 9.52 Å². The van der Waals surface area contributed by atoms with Gasteiger partial charge in [-0.1, -0.05) is 25.5 Å². The van der Waals surface area contributed by atoms with Gasteiger partial charge in [-0.25, -0.2) is 4.79 Å². The Labute approximate surface area is 118 Å². The topological polar surface area (TPSA) is 50.4 Å². The van der Waals surface area contributed by atoms with E-state index in [1.807, 2.05) is 13.0 Å². The summed E-state index contributed by atoms with van der Waals surface area (Å²) in [5.41, 5.74) is 5.27. The van der Waals surface area contributed by atoms with Crippen LogP contribution in [-0.4, -0.2) is 11.1 Å². The number of furan rings is 1. The first-order valence-electron chi connectivity index (χ1n) is 6.86. The van der Waals surface area contributed by atoms with Crippen molar-refractivity contribution in [3.8, 4) is 0 Å². The Bertz CT molecular complexity index is 677. The molecule has 0 aliphatic rings. The second kappa shape index (κ2) is 5.53. The third-order valence-corrected chi connectivity index (χ3v) is 3.77. The molecule has 1 aromatic heterocycles. The molecule has 0 radical (unpaired) electrons. The molecule has 2 rings (SSSR count). The van der Waals surface area contributed by atoms with Crippen molar-refractivity contribution in [2.75, 3.05) is 0 Å². The minimum Gasteiger partial charge on any atom is -0.475 e. The molecule has 20 heavy (non-hydrogen) atoms. The first-order valence-corrected chi connectivity index (χ1v) is 6.86. The van der Waals surface area contributed by atoms with Gasteiger partial charge >= 0.3 is 5.97 Å². The van der Waals surface area contributed by atoms with Gasteiger partial charge in [0.05, 0.1) is 0 Å². The standard InChI is InChI=1S/C17H20O3/c1-5-6-10(2)7-13-8-15-14(12(4)11(13)3)9-16(20-15)17(18)19/h8-9H,2,5-7H2,1,3-4H3,(H,18,19). The molecule has 3 heteroatoms. The SMILES string of the molecule is C=C(CCC)Cc1cc2oc(C(=O)O)cc2c(C)c1C. The third kappa shape index (κ3) is 2.62. The summed E-state index contributed by atoms with van der Waals surface area (Å²) in [4.78, 5) is 11.0. The summed E-state index contributed by atoms with van der Waals surface area (Å²) in [6.07, 6.45) is 2.91. The van der Waals surface area contributed by atoms with Gasteiger partial charge in [-0.2, -0.15) is 0 Å². The fourth-order valence-electron chi connectivity index (χ4n) is 2.52. The fourth-order valence-corrected chi connectivity index (χ4v) is 2.52. The van der Waals surface area contributed by atoms with Gasteiger partial charge in [0.1, 0.15) is 5.58 Å². The first kappa shape index (κ1) is 14.4. The average Bonchev–Trinajstić information content (AvgIpc) is 2.80. The molecule has 0 spiro atoms. The van der Waals surface area contributed by atoms with Crippen LogP contribution >= 0.6 is 0 Å². The molecule has 2 aromatic rings. The summed E-state index contributed by atoms with van der Waals surface area (Å²) in [5, 5.41) is 9.90. The number of benzene rings is 1. The molecule has 0 atom stereocenters. The lowest BCUT2D eigenvalue weighted by molar-refractivity contribution is 0.0665. The van der Waals surface area contributed by atoms with Crippen molar-refractivity contribution in [3.05, 3.63) is 46.7 Å². The van der Waals surface area contributed by atoms with Crippen molar-refractivity contribution in [2.45, 2.75) is 40.0 Å². The van der Waals surface area contributed by atoms with Crippen LogP contribution in [0.15, 0.2) is 28.7 Å². The number of allylic oxidation sites excluding steroid dienone is 1. The number of hydrogen-bond donors (Lipinski definition) is 1. The fraction of sp³-hybridized carbons (Fsp3) is 0.353. The normalized spacial score (nSPS) is 10.9. The van der Waals surface area contributed by atoms with Gasteiger partial charge in [0.15, 0.2) is 0 Å². The molecular formula is C17H20O3. The number of fused-ring (bicyclic) bond motifs is 1. The molecule has 0 saturated heterocycles. The maximum atomic E-state index is 11.0. The van der Waals surface area contributed by atoms with Crippen molar-refractivity contribution >= 4 is 16.9 Å². The van der Waals surface area contributed by atoms with E-state index in [2.05, 4.69) is 20.4 Å². The van der Waals surface area contributed by atoms with E-state index in [1.165, 1.54) is 16.7 Å². The minimum atomic E-state index is -1.03. The van der Waals surface area contributed by atoms with E-state index < -0.39 is 5.97 Å². The van der Waals surface area contributed by atoms with Gasteiger partial charge in [-0.3, -0.25) is 0 Å². The van der Waals surface area contributed by atoms with Crippen LogP contribution in [0.2, 0.25) is 0 Å². The predicted molar refractivity (Wildman–Crippen MR) is 80.4 cm³/mol. The van der Waals surface area contributed by atoms with Crippen LogP contribution in [0, 0.1) is 13.8 Å². The molecule has 0 fully saturated rings. The van der Waals surface area contributed by atoms with Crippen molar-refractivity contribution in [1.29, 1.82) is 0 Å². The molecule has 0 bridgehead atoms. The van der Waals surface area contributed by atoms with Crippen LogP contribution < -0.4 is 0 Å². The zero-order valence-electron chi connectivity index (χ0n) is 12.2. The van der Waals surface area contributed by atoms with Crippen LogP contribution in [0.4, 0.5) is 0 Å². The van der Waals surface area contributed by atoms with E-state index in [9.17, 15) is 4.79 Å². The Hall–Kier alpha value is -2.03. The van der Waals surface area contributed by atoms with Crippen molar-refractivity contribution in [1.82, 2.24) is 0 Å². The van der Waals surface area contributed by atoms with Crippen molar-refractivity contribution in [2.24, 2.45) is 0 Å². The monoisotopic (exact) mass is 272 g/mol. The van der Waals surface area contributed by atoms with Gasteiger partial charge in [-0.05, 0) is 55.5 Å². The quantitative estimate of drug-likeness (QED) is 0.806. The molecule has 1 heterocycles.